The van der Waals surface area contributed by atoms with E-state index in [9.17, 15) is 27.9 Å². The van der Waals surface area contributed by atoms with Gasteiger partial charge in [0, 0.05) is 44.8 Å². The van der Waals surface area contributed by atoms with Gasteiger partial charge in [-0.25, -0.2) is 0 Å². The molecule has 0 saturated carbocycles. The summed E-state index contributed by atoms with van der Waals surface area (Å²) >= 11 is 0. The average Bonchev–Trinajstić information content (AvgIpc) is 3.69. The second kappa shape index (κ2) is 14.4. The SMILES string of the molecule is COCC1CCCN1CC1CC(c2ccc(CO)cc2)OC(c2ccc(CNC(=O)C3CCCN3C(=O)C(F)(F)F)cc2)O1. The third kappa shape index (κ3) is 7.78. The van der Waals surface area contributed by atoms with Gasteiger partial charge in [-0.05, 0) is 48.9 Å². The average molecular weight is 620 g/mol. The van der Waals surface area contributed by atoms with E-state index in [1.54, 1.807) is 7.11 Å². The van der Waals surface area contributed by atoms with Crippen molar-refractivity contribution in [3.05, 3.63) is 70.8 Å². The molecular formula is C32H40F3N3O6. The summed E-state index contributed by atoms with van der Waals surface area (Å²) in [6, 6.07) is 14.3. The van der Waals surface area contributed by atoms with Crippen molar-refractivity contribution in [2.24, 2.45) is 0 Å². The van der Waals surface area contributed by atoms with E-state index in [0.29, 0.717) is 30.4 Å². The quantitative estimate of drug-likeness (QED) is 0.415. The maximum Gasteiger partial charge on any atom is 0.471 e. The highest BCUT2D eigenvalue weighted by atomic mass is 19.4. The normalized spacial score (nSPS) is 26.2. The number of nitrogens with one attached hydrogen (secondary N) is 1. The fraction of sp³-hybridized carbons (Fsp3) is 0.562. The van der Waals surface area contributed by atoms with E-state index in [2.05, 4.69) is 10.2 Å². The minimum Gasteiger partial charge on any atom is -0.392 e. The topological polar surface area (TPSA) is 101 Å². The van der Waals surface area contributed by atoms with Crippen LogP contribution < -0.4 is 5.32 Å². The lowest BCUT2D eigenvalue weighted by atomic mass is 9.99. The lowest BCUT2D eigenvalue weighted by molar-refractivity contribution is -0.253. The summed E-state index contributed by atoms with van der Waals surface area (Å²) in [4.78, 5) is 27.4. The molecule has 0 bridgehead atoms. The van der Waals surface area contributed by atoms with Crippen LogP contribution >= 0.6 is 0 Å². The van der Waals surface area contributed by atoms with Crippen molar-refractivity contribution in [2.45, 2.75) is 82.0 Å². The second-order valence-corrected chi connectivity index (χ2v) is 11.7. The van der Waals surface area contributed by atoms with Crippen LogP contribution in [0.3, 0.4) is 0 Å². The summed E-state index contributed by atoms with van der Waals surface area (Å²) in [5.41, 5.74) is 3.37. The number of methoxy groups -OCH3 is 1. The zero-order chi connectivity index (χ0) is 31.3. The maximum absolute atomic E-state index is 12.9. The number of hydrogen-bond donors (Lipinski definition) is 2. The number of carbonyl (C=O) groups is 2. The van der Waals surface area contributed by atoms with Crippen LogP contribution in [0.4, 0.5) is 13.2 Å². The number of aliphatic hydroxyl groups is 1. The van der Waals surface area contributed by atoms with Crippen molar-refractivity contribution in [3.63, 3.8) is 0 Å². The highest BCUT2D eigenvalue weighted by molar-refractivity contribution is 5.90. The number of nitrogens with zero attached hydrogens (tertiary/aromatic N) is 2. The smallest absolute Gasteiger partial charge is 0.392 e. The molecule has 0 aliphatic carbocycles. The van der Waals surface area contributed by atoms with Crippen LogP contribution in [0.2, 0.25) is 0 Å². The predicted octanol–water partition coefficient (Wildman–Crippen LogP) is 4.00. The second-order valence-electron chi connectivity index (χ2n) is 11.7. The van der Waals surface area contributed by atoms with E-state index in [0.717, 1.165) is 48.2 Å². The zero-order valence-corrected chi connectivity index (χ0v) is 24.8. The molecule has 5 rings (SSSR count). The third-order valence-electron chi connectivity index (χ3n) is 8.69. The molecule has 3 aliphatic rings. The lowest BCUT2D eigenvalue weighted by Crippen LogP contribution is -2.50. The van der Waals surface area contributed by atoms with Crippen LogP contribution in [0.1, 0.15) is 66.8 Å². The Labute approximate surface area is 255 Å². The first kappa shape index (κ1) is 32.4. The van der Waals surface area contributed by atoms with Gasteiger partial charge in [-0.1, -0.05) is 48.5 Å². The highest BCUT2D eigenvalue weighted by Gasteiger charge is 2.47. The van der Waals surface area contributed by atoms with E-state index < -0.39 is 30.3 Å². The lowest BCUT2D eigenvalue weighted by Gasteiger charge is -2.38. The molecule has 3 saturated heterocycles. The van der Waals surface area contributed by atoms with Crippen LogP contribution in [0, 0.1) is 0 Å². The molecule has 3 aliphatic heterocycles. The number of halogens is 3. The predicted molar refractivity (Wildman–Crippen MR) is 154 cm³/mol. The van der Waals surface area contributed by atoms with Crippen LogP contribution in [-0.2, 0) is 37.0 Å². The van der Waals surface area contributed by atoms with Crippen molar-refractivity contribution < 1.29 is 42.1 Å². The van der Waals surface area contributed by atoms with Crippen LogP contribution in [0.15, 0.2) is 48.5 Å². The number of hydrogen-bond acceptors (Lipinski definition) is 7. The number of alkyl halides is 3. The van der Waals surface area contributed by atoms with E-state index in [4.69, 9.17) is 14.2 Å². The minimum absolute atomic E-state index is 0.0343. The van der Waals surface area contributed by atoms with Crippen molar-refractivity contribution in [1.82, 2.24) is 15.1 Å². The molecule has 5 unspecified atom stereocenters. The molecular weight excluding hydrogens is 579 g/mol. The van der Waals surface area contributed by atoms with Crippen molar-refractivity contribution in [1.29, 1.82) is 0 Å². The summed E-state index contributed by atoms with van der Waals surface area (Å²) in [5.74, 6) is -2.58. The van der Waals surface area contributed by atoms with Gasteiger partial charge in [0.1, 0.15) is 6.04 Å². The molecule has 2 aromatic carbocycles. The molecule has 3 heterocycles. The van der Waals surface area contributed by atoms with Gasteiger partial charge in [0.2, 0.25) is 5.91 Å². The van der Waals surface area contributed by atoms with Crippen molar-refractivity contribution in [3.8, 4) is 0 Å². The molecule has 0 aromatic heterocycles. The summed E-state index contributed by atoms with van der Waals surface area (Å²) in [6.45, 7) is 2.39. The van der Waals surface area contributed by atoms with E-state index >= 15 is 0 Å². The van der Waals surface area contributed by atoms with Gasteiger partial charge in [-0.2, -0.15) is 13.2 Å². The zero-order valence-electron chi connectivity index (χ0n) is 24.8. The highest BCUT2D eigenvalue weighted by Crippen LogP contribution is 2.39. The molecule has 0 spiro atoms. The molecule has 3 fully saturated rings. The van der Waals surface area contributed by atoms with Crippen molar-refractivity contribution >= 4 is 11.8 Å². The number of amides is 2. The fourth-order valence-electron chi connectivity index (χ4n) is 6.36. The summed E-state index contributed by atoms with van der Waals surface area (Å²) in [5, 5.41) is 12.1. The molecule has 0 radical (unpaired) electrons. The van der Waals surface area contributed by atoms with E-state index in [1.807, 2.05) is 48.5 Å². The standard InChI is InChI=1S/C32H40F3N3O6/c1-42-20-25-4-2-14-37(25)18-26-16-28(23-10-8-22(19-39)9-11-23)44-30(43-26)24-12-6-21(7-13-24)17-36-29(40)27-5-3-15-38(27)31(41)32(33,34)35/h6-13,25-28,30,39H,2-5,14-20H2,1H3,(H,36,40). The number of likely N-dealkylation sites (tertiary alicyclic amines) is 2. The van der Waals surface area contributed by atoms with Gasteiger partial charge in [-0.15, -0.1) is 0 Å². The van der Waals surface area contributed by atoms with Crippen LogP contribution in [0.25, 0.3) is 0 Å². The van der Waals surface area contributed by atoms with Gasteiger partial charge >= 0.3 is 12.1 Å². The maximum atomic E-state index is 12.9. The van der Waals surface area contributed by atoms with Crippen molar-refractivity contribution in [2.75, 3.05) is 33.4 Å². The molecule has 2 aromatic rings. The Morgan fingerprint density at radius 3 is 2.34 bits per heavy atom. The van der Waals surface area contributed by atoms with Gasteiger partial charge in [0.15, 0.2) is 6.29 Å². The Hall–Kier alpha value is -3.03. The number of ether oxygens (including phenoxy) is 3. The number of aliphatic hydroxyl groups excluding tert-OH is 1. The number of benzene rings is 2. The Bertz CT molecular complexity index is 1260. The molecule has 2 N–H and O–H groups in total. The monoisotopic (exact) mass is 619 g/mol. The first-order chi connectivity index (χ1) is 21.2. The van der Waals surface area contributed by atoms with Gasteiger partial charge in [0.25, 0.3) is 0 Å². The molecule has 5 atom stereocenters. The molecule has 9 nitrogen and oxygen atoms in total. The summed E-state index contributed by atoms with van der Waals surface area (Å²) < 4.78 is 57.2. The first-order valence-electron chi connectivity index (χ1n) is 15.1. The minimum atomic E-state index is -5.01. The van der Waals surface area contributed by atoms with E-state index in [1.165, 1.54) is 0 Å². The van der Waals surface area contributed by atoms with E-state index in [-0.39, 0.29) is 38.3 Å². The fourth-order valence-corrected chi connectivity index (χ4v) is 6.36. The molecule has 44 heavy (non-hydrogen) atoms. The van der Waals surface area contributed by atoms with Crippen LogP contribution in [0.5, 0.6) is 0 Å². The Morgan fingerprint density at radius 1 is 0.977 bits per heavy atom. The van der Waals surface area contributed by atoms with Gasteiger partial charge in [-0.3, -0.25) is 14.5 Å². The van der Waals surface area contributed by atoms with Gasteiger partial charge < -0.3 is 29.5 Å². The largest absolute Gasteiger partial charge is 0.471 e. The summed E-state index contributed by atoms with van der Waals surface area (Å²) in [6.07, 6.45) is -2.56. The first-order valence-corrected chi connectivity index (χ1v) is 15.1. The number of rotatable bonds is 10. The molecule has 12 heteroatoms. The Kier molecular flexibility index (Phi) is 10.6. The van der Waals surface area contributed by atoms with Crippen LogP contribution in [-0.4, -0.2) is 84.4 Å². The Balaban J connectivity index is 1.24. The summed E-state index contributed by atoms with van der Waals surface area (Å²) in [7, 11) is 1.72. The van der Waals surface area contributed by atoms with Gasteiger partial charge in [0.05, 0.1) is 25.4 Å². The number of carbonyl (C=O) groups excluding carboxylic acids is 2. The Morgan fingerprint density at radius 2 is 1.66 bits per heavy atom. The third-order valence-corrected chi connectivity index (χ3v) is 8.69. The molecule has 240 valence electrons. The molecule has 2 amide bonds.